The van der Waals surface area contributed by atoms with Crippen molar-refractivity contribution in [3.63, 3.8) is 0 Å². The van der Waals surface area contributed by atoms with Crippen molar-refractivity contribution >= 4 is 28.8 Å². The Hall–Kier alpha value is -3.34. The number of ether oxygens (including phenoxy) is 2. The third kappa shape index (κ3) is 6.13. The summed E-state index contributed by atoms with van der Waals surface area (Å²) in [5.74, 6) is 0.448. The first-order valence-electron chi connectivity index (χ1n) is 13.2. The molecule has 1 aromatic carbocycles. The second-order valence-electron chi connectivity index (χ2n) is 10.9. The van der Waals surface area contributed by atoms with E-state index in [-0.39, 0.29) is 23.3 Å². The number of carbonyl (C=O) groups excluding carboxylic acids is 2. The number of hydrogen-bond donors (Lipinski definition) is 1. The van der Waals surface area contributed by atoms with Crippen molar-refractivity contribution in [3.8, 4) is 27.6 Å². The SMILES string of the molecule is COc1cc(-c2cncc(-c3cc(NC(=O)CC4(C)COC4)cs3)n2)ccc1C(=O)N(C)C1CCN(C)CC1. The van der Waals surface area contributed by atoms with E-state index < -0.39 is 0 Å². The summed E-state index contributed by atoms with van der Waals surface area (Å²) in [4.78, 5) is 40.1. The molecule has 2 aliphatic heterocycles. The van der Waals surface area contributed by atoms with Crippen molar-refractivity contribution in [2.24, 2.45) is 5.41 Å². The lowest BCUT2D eigenvalue weighted by molar-refractivity contribution is -0.134. The summed E-state index contributed by atoms with van der Waals surface area (Å²) in [7, 11) is 5.56. The van der Waals surface area contributed by atoms with Crippen LogP contribution in [-0.4, -0.2) is 85.1 Å². The summed E-state index contributed by atoms with van der Waals surface area (Å²) in [5.41, 5.74) is 3.39. The van der Waals surface area contributed by atoms with Crippen molar-refractivity contribution < 1.29 is 19.1 Å². The van der Waals surface area contributed by atoms with Crippen LogP contribution in [-0.2, 0) is 9.53 Å². The van der Waals surface area contributed by atoms with Gasteiger partial charge in [0, 0.05) is 35.9 Å². The van der Waals surface area contributed by atoms with Crippen LogP contribution < -0.4 is 10.1 Å². The van der Waals surface area contributed by atoms with Gasteiger partial charge in [-0.05, 0) is 51.2 Å². The van der Waals surface area contributed by atoms with Crippen LogP contribution in [0.1, 0.15) is 36.5 Å². The fraction of sp³-hybridized carbons (Fsp3) is 0.448. The van der Waals surface area contributed by atoms with E-state index in [1.54, 1.807) is 19.5 Å². The normalized spacial score (nSPS) is 17.3. The molecule has 0 aliphatic carbocycles. The molecule has 2 aromatic heterocycles. The molecule has 0 radical (unpaired) electrons. The molecule has 3 aromatic rings. The topological polar surface area (TPSA) is 96.9 Å². The molecule has 0 unspecified atom stereocenters. The highest BCUT2D eigenvalue weighted by molar-refractivity contribution is 7.14. The average molecular weight is 550 g/mol. The van der Waals surface area contributed by atoms with Gasteiger partial charge in [0.1, 0.15) is 5.75 Å². The molecule has 10 heteroatoms. The van der Waals surface area contributed by atoms with Crippen LogP contribution in [0.25, 0.3) is 21.8 Å². The average Bonchev–Trinajstić information content (AvgIpc) is 3.39. The molecular formula is C29H35N5O4S. The molecule has 9 nitrogen and oxygen atoms in total. The molecule has 206 valence electrons. The van der Waals surface area contributed by atoms with Gasteiger partial charge in [0.2, 0.25) is 5.91 Å². The van der Waals surface area contributed by atoms with Crippen LogP contribution in [0.5, 0.6) is 5.75 Å². The number of benzene rings is 1. The molecule has 39 heavy (non-hydrogen) atoms. The Morgan fingerprint density at radius 3 is 2.64 bits per heavy atom. The maximum atomic E-state index is 13.3. The summed E-state index contributed by atoms with van der Waals surface area (Å²) in [5, 5.41) is 4.89. The van der Waals surface area contributed by atoms with Crippen LogP contribution in [0.15, 0.2) is 42.0 Å². The Morgan fingerprint density at radius 2 is 1.95 bits per heavy atom. The molecule has 2 saturated heterocycles. The molecule has 1 N–H and O–H groups in total. The predicted octanol–water partition coefficient (Wildman–Crippen LogP) is 4.41. The fourth-order valence-corrected chi connectivity index (χ4v) is 5.87. The van der Waals surface area contributed by atoms with E-state index in [4.69, 9.17) is 14.5 Å². The van der Waals surface area contributed by atoms with Gasteiger partial charge in [-0.3, -0.25) is 14.6 Å². The number of likely N-dealkylation sites (tertiary alicyclic amines) is 1. The maximum absolute atomic E-state index is 13.3. The quantitative estimate of drug-likeness (QED) is 0.445. The summed E-state index contributed by atoms with van der Waals surface area (Å²) in [6.07, 6.45) is 5.76. The van der Waals surface area contributed by atoms with Gasteiger partial charge in [0.15, 0.2) is 0 Å². The second-order valence-corrected chi connectivity index (χ2v) is 11.8. The number of nitrogens with zero attached hydrogens (tertiary/aromatic N) is 4. The van der Waals surface area contributed by atoms with Crippen LogP contribution in [0.3, 0.4) is 0 Å². The second kappa shape index (κ2) is 11.4. The van der Waals surface area contributed by atoms with Gasteiger partial charge >= 0.3 is 0 Å². The molecule has 0 atom stereocenters. The number of anilines is 1. The van der Waals surface area contributed by atoms with Crippen molar-refractivity contribution in [1.29, 1.82) is 0 Å². The highest BCUT2D eigenvalue weighted by Crippen LogP contribution is 2.34. The van der Waals surface area contributed by atoms with Crippen molar-refractivity contribution in [2.45, 2.75) is 32.2 Å². The molecule has 2 fully saturated rings. The highest BCUT2D eigenvalue weighted by Gasteiger charge is 2.35. The zero-order chi connectivity index (χ0) is 27.6. The van der Waals surface area contributed by atoms with E-state index in [2.05, 4.69) is 29.2 Å². The Morgan fingerprint density at radius 1 is 1.21 bits per heavy atom. The Bertz CT molecular complexity index is 1350. The first-order valence-corrected chi connectivity index (χ1v) is 14.1. The van der Waals surface area contributed by atoms with Gasteiger partial charge < -0.3 is 24.6 Å². The third-order valence-corrected chi connectivity index (χ3v) is 8.50. The first-order chi connectivity index (χ1) is 18.7. The van der Waals surface area contributed by atoms with Gasteiger partial charge in [-0.15, -0.1) is 11.3 Å². The van der Waals surface area contributed by atoms with Gasteiger partial charge in [-0.25, -0.2) is 4.98 Å². The lowest BCUT2D eigenvalue weighted by atomic mass is 9.85. The highest BCUT2D eigenvalue weighted by atomic mass is 32.1. The standard InChI is InChI=1S/C29H35N5O4S/c1-29(17-38-18-29)13-27(35)31-20-12-26(39-16-20)24-15-30-14-23(32-24)19-5-6-22(25(11-19)37-4)28(36)34(3)21-7-9-33(2)10-8-21/h5-6,11-12,14-16,21H,7-10,13,17-18H2,1-4H3,(H,31,35). The molecule has 2 amide bonds. The Labute approximate surface area is 233 Å². The number of nitrogens with one attached hydrogen (secondary N) is 1. The summed E-state index contributed by atoms with van der Waals surface area (Å²) >= 11 is 1.50. The zero-order valence-corrected chi connectivity index (χ0v) is 23.7. The molecular weight excluding hydrogens is 514 g/mol. The van der Waals surface area contributed by atoms with Gasteiger partial charge in [0.05, 0.1) is 60.2 Å². The summed E-state index contributed by atoms with van der Waals surface area (Å²) in [6.45, 7) is 5.27. The number of amides is 2. The van der Waals surface area contributed by atoms with Crippen LogP contribution >= 0.6 is 11.3 Å². The molecule has 0 spiro atoms. The minimum Gasteiger partial charge on any atom is -0.496 e. The minimum absolute atomic E-state index is 0.0202. The van der Waals surface area contributed by atoms with E-state index >= 15 is 0 Å². The number of carbonyl (C=O) groups is 2. The molecule has 4 heterocycles. The first kappa shape index (κ1) is 27.2. The number of rotatable bonds is 8. The Kier molecular flexibility index (Phi) is 7.97. The van der Waals surface area contributed by atoms with Gasteiger partial charge in [0.25, 0.3) is 5.91 Å². The van der Waals surface area contributed by atoms with Crippen LogP contribution in [0.2, 0.25) is 0 Å². The lowest BCUT2D eigenvalue weighted by Crippen LogP contribution is -2.44. The largest absolute Gasteiger partial charge is 0.496 e. The number of aromatic nitrogens is 2. The van der Waals surface area contributed by atoms with Crippen molar-refractivity contribution in [2.75, 3.05) is 52.8 Å². The predicted molar refractivity (Wildman–Crippen MR) is 152 cm³/mol. The monoisotopic (exact) mass is 549 g/mol. The van der Waals surface area contributed by atoms with Crippen LogP contribution in [0, 0.1) is 5.41 Å². The smallest absolute Gasteiger partial charge is 0.257 e. The van der Waals surface area contributed by atoms with Crippen molar-refractivity contribution in [1.82, 2.24) is 19.8 Å². The van der Waals surface area contributed by atoms with E-state index in [0.717, 1.165) is 42.1 Å². The van der Waals surface area contributed by atoms with Crippen molar-refractivity contribution in [3.05, 3.63) is 47.6 Å². The molecule has 0 saturated carbocycles. The molecule has 5 rings (SSSR count). The lowest BCUT2D eigenvalue weighted by Gasteiger charge is -2.37. The molecule has 2 aliphatic rings. The number of thiophene rings is 1. The van der Waals surface area contributed by atoms with E-state index in [0.29, 0.717) is 42.3 Å². The summed E-state index contributed by atoms with van der Waals surface area (Å²) in [6, 6.07) is 7.67. The van der Waals surface area contributed by atoms with Gasteiger partial charge in [-0.2, -0.15) is 0 Å². The molecule has 0 bridgehead atoms. The van der Waals surface area contributed by atoms with Gasteiger partial charge in [-0.1, -0.05) is 13.0 Å². The summed E-state index contributed by atoms with van der Waals surface area (Å²) < 4.78 is 10.9. The van der Waals surface area contributed by atoms with E-state index in [1.807, 2.05) is 41.6 Å². The number of piperidine rings is 1. The third-order valence-electron chi connectivity index (χ3n) is 7.54. The number of hydrogen-bond acceptors (Lipinski definition) is 8. The zero-order valence-electron chi connectivity index (χ0n) is 22.9. The maximum Gasteiger partial charge on any atom is 0.257 e. The van der Waals surface area contributed by atoms with Crippen LogP contribution in [0.4, 0.5) is 5.69 Å². The number of methoxy groups -OCH3 is 1. The fourth-order valence-electron chi connectivity index (χ4n) is 5.07. The van der Waals surface area contributed by atoms with E-state index in [9.17, 15) is 9.59 Å². The minimum atomic E-state index is -0.0771. The van der Waals surface area contributed by atoms with E-state index in [1.165, 1.54) is 11.3 Å². The Balaban J connectivity index is 1.30.